The highest BCUT2D eigenvalue weighted by molar-refractivity contribution is 7.92. The lowest BCUT2D eigenvalue weighted by molar-refractivity contribution is 0.601. The summed E-state index contributed by atoms with van der Waals surface area (Å²) in [6.45, 7) is 3.69. The zero-order valence-electron chi connectivity index (χ0n) is 11.4. The van der Waals surface area contributed by atoms with Crippen molar-refractivity contribution in [1.82, 2.24) is 0 Å². The van der Waals surface area contributed by atoms with Crippen LogP contribution < -0.4 is 10.5 Å². The zero-order valence-corrected chi connectivity index (χ0v) is 13.8. The van der Waals surface area contributed by atoms with Crippen molar-refractivity contribution in [3.63, 3.8) is 0 Å². The van der Waals surface area contributed by atoms with Crippen molar-refractivity contribution in [2.75, 3.05) is 10.5 Å². The molecule has 0 aliphatic rings. The first-order chi connectivity index (χ1) is 9.70. The van der Waals surface area contributed by atoms with Crippen LogP contribution >= 0.6 is 23.2 Å². The average molecular weight is 345 g/mol. The van der Waals surface area contributed by atoms with Crippen molar-refractivity contribution in [3.8, 4) is 0 Å². The Balaban J connectivity index is 2.46. The molecule has 0 aliphatic carbocycles. The Morgan fingerprint density at radius 2 is 1.67 bits per heavy atom. The van der Waals surface area contributed by atoms with Gasteiger partial charge in [-0.1, -0.05) is 23.2 Å². The van der Waals surface area contributed by atoms with Gasteiger partial charge in [0.25, 0.3) is 10.0 Å². The number of nitrogens with one attached hydrogen (secondary N) is 1. The van der Waals surface area contributed by atoms with E-state index in [1.807, 2.05) is 13.8 Å². The Kier molecular flexibility index (Phi) is 4.37. The summed E-state index contributed by atoms with van der Waals surface area (Å²) in [7, 11) is -3.82. The normalized spacial score (nSPS) is 11.4. The van der Waals surface area contributed by atoms with Crippen molar-refractivity contribution in [2.24, 2.45) is 0 Å². The Morgan fingerprint density at radius 1 is 1.05 bits per heavy atom. The minimum Gasteiger partial charge on any atom is -0.398 e. The largest absolute Gasteiger partial charge is 0.398 e. The Hall–Kier alpha value is -1.43. The molecule has 0 aromatic heterocycles. The zero-order chi connectivity index (χ0) is 15.8. The second kappa shape index (κ2) is 5.75. The molecular weight excluding hydrogens is 331 g/mol. The highest BCUT2D eigenvalue weighted by Crippen LogP contribution is 2.29. The maximum atomic E-state index is 12.4. The molecule has 2 aromatic carbocycles. The molecule has 21 heavy (non-hydrogen) atoms. The van der Waals surface area contributed by atoms with Gasteiger partial charge in [0, 0.05) is 5.02 Å². The summed E-state index contributed by atoms with van der Waals surface area (Å²) in [5.41, 5.74) is 8.02. The minimum absolute atomic E-state index is 0.0246. The van der Waals surface area contributed by atoms with Gasteiger partial charge in [-0.05, 0) is 55.3 Å². The van der Waals surface area contributed by atoms with Crippen LogP contribution in [0.25, 0.3) is 0 Å². The van der Waals surface area contributed by atoms with E-state index in [0.29, 0.717) is 5.02 Å². The molecule has 2 aromatic rings. The predicted molar refractivity (Wildman–Crippen MR) is 87.6 cm³/mol. The van der Waals surface area contributed by atoms with Crippen LogP contribution in [-0.4, -0.2) is 8.42 Å². The highest BCUT2D eigenvalue weighted by Gasteiger charge is 2.19. The van der Waals surface area contributed by atoms with Crippen LogP contribution in [0.2, 0.25) is 10.0 Å². The molecule has 0 amide bonds. The van der Waals surface area contributed by atoms with Crippen molar-refractivity contribution in [2.45, 2.75) is 18.7 Å². The van der Waals surface area contributed by atoms with Crippen LogP contribution in [0.15, 0.2) is 35.2 Å². The number of benzene rings is 2. The lowest BCUT2D eigenvalue weighted by Gasteiger charge is -2.13. The molecule has 0 atom stereocenters. The molecule has 0 heterocycles. The maximum Gasteiger partial charge on any atom is 0.264 e. The van der Waals surface area contributed by atoms with Gasteiger partial charge in [0.1, 0.15) is 4.90 Å². The number of hydrogen-bond donors (Lipinski definition) is 2. The predicted octanol–water partition coefficient (Wildman–Crippen LogP) is 3.99. The van der Waals surface area contributed by atoms with E-state index in [1.54, 1.807) is 12.1 Å². The van der Waals surface area contributed by atoms with Gasteiger partial charge in [-0.15, -0.1) is 0 Å². The standard InChI is InChI=1S/C14H14Cl2N2O2S/c1-8-5-12(17)14(6-9(8)2)21(19,20)18-13-4-3-10(15)7-11(13)16/h3-7,18H,17H2,1-2H3. The second-order valence-corrected chi connectivity index (χ2v) is 7.20. The van der Waals surface area contributed by atoms with Gasteiger partial charge in [0.2, 0.25) is 0 Å². The molecule has 0 spiro atoms. The number of hydrogen-bond acceptors (Lipinski definition) is 3. The van der Waals surface area contributed by atoms with Gasteiger partial charge in [-0.25, -0.2) is 8.42 Å². The van der Waals surface area contributed by atoms with Crippen molar-refractivity contribution < 1.29 is 8.42 Å². The molecule has 0 bridgehead atoms. The fourth-order valence-corrected chi connectivity index (χ4v) is 3.61. The summed E-state index contributed by atoms with van der Waals surface area (Å²) < 4.78 is 27.3. The molecule has 112 valence electrons. The van der Waals surface area contributed by atoms with E-state index < -0.39 is 10.0 Å². The second-order valence-electron chi connectivity index (χ2n) is 4.70. The summed E-state index contributed by atoms with van der Waals surface area (Å²) in [4.78, 5) is 0.0246. The van der Waals surface area contributed by atoms with Gasteiger partial charge in [0.05, 0.1) is 16.4 Å². The van der Waals surface area contributed by atoms with E-state index in [2.05, 4.69) is 4.72 Å². The smallest absolute Gasteiger partial charge is 0.264 e. The average Bonchev–Trinajstić information content (AvgIpc) is 2.37. The van der Waals surface area contributed by atoms with E-state index in [0.717, 1.165) is 11.1 Å². The lowest BCUT2D eigenvalue weighted by Crippen LogP contribution is -2.15. The maximum absolute atomic E-state index is 12.4. The van der Waals surface area contributed by atoms with E-state index in [4.69, 9.17) is 28.9 Å². The van der Waals surface area contributed by atoms with Crippen LogP contribution in [0.5, 0.6) is 0 Å². The topological polar surface area (TPSA) is 72.2 Å². The third kappa shape index (κ3) is 3.43. The Bertz CT molecular complexity index is 805. The molecule has 2 rings (SSSR count). The summed E-state index contributed by atoms with van der Waals surface area (Å²) in [6.07, 6.45) is 0. The van der Waals surface area contributed by atoms with Gasteiger partial charge in [-0.2, -0.15) is 0 Å². The molecule has 0 aliphatic heterocycles. The third-order valence-electron chi connectivity index (χ3n) is 3.09. The van der Waals surface area contributed by atoms with Crippen molar-refractivity contribution >= 4 is 44.6 Å². The van der Waals surface area contributed by atoms with Crippen LogP contribution in [0.3, 0.4) is 0 Å². The number of halogens is 2. The minimum atomic E-state index is -3.82. The first-order valence-electron chi connectivity index (χ1n) is 6.05. The summed E-state index contributed by atoms with van der Waals surface area (Å²) in [5, 5.41) is 0.641. The molecule has 0 fully saturated rings. The van der Waals surface area contributed by atoms with Crippen molar-refractivity contribution in [3.05, 3.63) is 51.5 Å². The van der Waals surface area contributed by atoms with Crippen LogP contribution in [0.4, 0.5) is 11.4 Å². The molecular formula is C14H14Cl2N2O2S. The summed E-state index contributed by atoms with van der Waals surface area (Å²) in [5.74, 6) is 0. The summed E-state index contributed by atoms with van der Waals surface area (Å²) in [6, 6.07) is 7.68. The molecule has 7 heteroatoms. The molecule has 4 nitrogen and oxygen atoms in total. The molecule has 3 N–H and O–H groups in total. The quantitative estimate of drug-likeness (QED) is 0.826. The first kappa shape index (κ1) is 15.9. The van der Waals surface area contributed by atoms with E-state index in [1.165, 1.54) is 18.2 Å². The number of aryl methyl sites for hydroxylation is 2. The van der Waals surface area contributed by atoms with Crippen LogP contribution in [0.1, 0.15) is 11.1 Å². The van der Waals surface area contributed by atoms with E-state index in [-0.39, 0.29) is 21.3 Å². The van der Waals surface area contributed by atoms with Gasteiger partial charge >= 0.3 is 0 Å². The van der Waals surface area contributed by atoms with Gasteiger partial charge in [0.15, 0.2) is 0 Å². The molecule has 0 saturated carbocycles. The van der Waals surface area contributed by atoms with Gasteiger partial charge < -0.3 is 5.73 Å². The Morgan fingerprint density at radius 3 is 2.29 bits per heavy atom. The Labute approximate surface area is 133 Å². The molecule has 0 saturated heterocycles. The van der Waals surface area contributed by atoms with E-state index >= 15 is 0 Å². The number of rotatable bonds is 3. The number of anilines is 2. The lowest BCUT2D eigenvalue weighted by atomic mass is 10.1. The van der Waals surface area contributed by atoms with E-state index in [9.17, 15) is 8.42 Å². The number of nitrogen functional groups attached to an aromatic ring is 1. The monoisotopic (exact) mass is 344 g/mol. The summed E-state index contributed by atoms with van der Waals surface area (Å²) >= 11 is 11.8. The molecule has 0 radical (unpaired) electrons. The van der Waals surface area contributed by atoms with Crippen LogP contribution in [0, 0.1) is 13.8 Å². The first-order valence-corrected chi connectivity index (χ1v) is 8.29. The third-order valence-corrected chi connectivity index (χ3v) is 5.06. The molecule has 0 unspecified atom stereocenters. The van der Waals surface area contributed by atoms with Gasteiger partial charge in [-0.3, -0.25) is 4.72 Å². The number of nitrogens with two attached hydrogens (primary N) is 1. The van der Waals surface area contributed by atoms with Crippen LogP contribution in [-0.2, 0) is 10.0 Å². The number of sulfonamides is 1. The highest BCUT2D eigenvalue weighted by atomic mass is 35.5. The fraction of sp³-hybridized carbons (Fsp3) is 0.143. The van der Waals surface area contributed by atoms with Crippen molar-refractivity contribution in [1.29, 1.82) is 0 Å². The fourth-order valence-electron chi connectivity index (χ4n) is 1.82. The SMILES string of the molecule is Cc1cc(N)c(S(=O)(=O)Nc2ccc(Cl)cc2Cl)cc1C.